The van der Waals surface area contributed by atoms with Crippen LogP contribution in [0.25, 0.3) is 0 Å². The Hall–Kier alpha value is -1.59. The van der Waals surface area contributed by atoms with Crippen LogP contribution in [-0.2, 0) is 52.2 Å². The van der Waals surface area contributed by atoms with Gasteiger partial charge in [0.25, 0.3) is 0 Å². The number of hydrogen-bond donors (Lipinski definition) is 15. The van der Waals surface area contributed by atoms with Crippen LogP contribution in [0.2, 0.25) is 0 Å². The first-order valence-electron chi connectivity index (χ1n) is 30.1. The molecule has 0 aromatic carbocycles. The second-order valence-corrected chi connectivity index (χ2v) is 27.5. The van der Waals surface area contributed by atoms with Crippen LogP contribution < -0.4 is 0 Å². The van der Waals surface area contributed by atoms with Gasteiger partial charge in [-0.15, -0.1) is 0 Å². The lowest BCUT2D eigenvalue weighted by molar-refractivity contribution is -0.381. The fourth-order valence-corrected chi connectivity index (χ4v) is 16.8. The van der Waals surface area contributed by atoms with Gasteiger partial charge in [0.2, 0.25) is 0 Å². The predicted octanol–water partition coefficient (Wildman–Crippen LogP) is -2.89. The molecule has 0 bridgehead atoms. The summed E-state index contributed by atoms with van der Waals surface area (Å²) in [6, 6.07) is 0. The maximum absolute atomic E-state index is 15.5. The molecule has 15 N–H and O–H groups in total. The number of aliphatic hydroxyl groups is 15. The van der Waals surface area contributed by atoms with Gasteiger partial charge in [0.1, 0.15) is 116 Å². The lowest BCUT2D eigenvalue weighted by atomic mass is 9.35. The molecule has 5 aliphatic heterocycles. The van der Waals surface area contributed by atoms with E-state index in [0.29, 0.717) is 38.5 Å². The molecule has 484 valence electrons. The zero-order chi connectivity index (χ0) is 61.5. The summed E-state index contributed by atoms with van der Waals surface area (Å²) in [5.74, 6) is -0.946. The average molecular weight is 1210 g/mol. The van der Waals surface area contributed by atoms with Crippen molar-refractivity contribution in [3.05, 3.63) is 11.6 Å². The van der Waals surface area contributed by atoms with Gasteiger partial charge in [-0.2, -0.15) is 0 Å². The number of rotatable bonds is 17. The van der Waals surface area contributed by atoms with E-state index in [-0.39, 0.29) is 48.6 Å². The van der Waals surface area contributed by atoms with Crippen LogP contribution in [0.3, 0.4) is 0 Å². The third-order valence-corrected chi connectivity index (χ3v) is 22.0. The molecule has 84 heavy (non-hydrogen) atoms. The Morgan fingerprint density at radius 1 is 0.571 bits per heavy atom. The molecule has 0 aromatic rings. The highest BCUT2D eigenvalue weighted by atomic mass is 16.8. The van der Waals surface area contributed by atoms with Crippen LogP contribution >= 0.6 is 0 Å². The molecule has 9 fully saturated rings. The van der Waals surface area contributed by atoms with Gasteiger partial charge >= 0.3 is 0 Å². The summed E-state index contributed by atoms with van der Waals surface area (Å²) in [5, 5.41) is 161. The molecular weight excluding hydrogens is 1110 g/mol. The van der Waals surface area contributed by atoms with Crippen LogP contribution in [0.1, 0.15) is 113 Å². The van der Waals surface area contributed by atoms with E-state index in [2.05, 4.69) is 40.7 Å². The van der Waals surface area contributed by atoms with E-state index < -0.39 is 195 Å². The summed E-state index contributed by atoms with van der Waals surface area (Å²) in [6.45, 7) is 14.4. The summed E-state index contributed by atoms with van der Waals surface area (Å²) >= 11 is 0. The van der Waals surface area contributed by atoms with E-state index in [4.69, 9.17) is 47.4 Å². The van der Waals surface area contributed by atoms with E-state index in [1.807, 2.05) is 20.8 Å². The van der Waals surface area contributed by atoms with Gasteiger partial charge in [0.15, 0.2) is 31.5 Å². The SMILES string of the molecule is CC(C)=CCC[C@](C)(O[C@@H]1O[C@H](CO[C@H]2OC[C@@H](O)[C@@H](O)[C@@H]2O)[C@@H](O)[C@H](O)[C@H]1O)[C@H]1CC[C@]2(C)[C@@H]1C(=O)C[C@@H]1[C@@]3(C)CC[C@H](O[C@@H]4O[C@H](CO[C@@H]5OC[C@@H](O)[C@H](O)[C@H]5O)[C@@H](O)[C@H](O)[C@H]4O[C@@H]4O[C@H](CO)[C@@H](O)[C@H](O)[C@H]4O)C(C)(C)[C@@H]3CC[C@]12C. The highest BCUT2D eigenvalue weighted by Crippen LogP contribution is 2.75. The third kappa shape index (κ3) is 12.0. The molecule has 26 nitrogen and oxygen atoms in total. The highest BCUT2D eigenvalue weighted by Gasteiger charge is 2.72. The van der Waals surface area contributed by atoms with E-state index in [0.717, 1.165) is 18.4 Å². The lowest BCUT2D eigenvalue weighted by Gasteiger charge is -2.69. The normalized spacial score (nSPS) is 52.2. The topological polar surface area (TPSA) is 413 Å². The van der Waals surface area contributed by atoms with Gasteiger partial charge in [-0.1, -0.05) is 46.3 Å². The molecule has 0 radical (unpaired) electrons. The molecule has 5 heterocycles. The Labute approximate surface area is 489 Å². The van der Waals surface area contributed by atoms with Crippen molar-refractivity contribution in [3.63, 3.8) is 0 Å². The first-order valence-corrected chi connectivity index (χ1v) is 30.1. The van der Waals surface area contributed by atoms with Crippen molar-refractivity contribution in [1.82, 2.24) is 0 Å². The predicted molar refractivity (Wildman–Crippen MR) is 286 cm³/mol. The number of aliphatic hydroxyl groups excluding tert-OH is 15. The van der Waals surface area contributed by atoms with E-state index >= 15 is 4.79 Å². The van der Waals surface area contributed by atoms with Crippen molar-refractivity contribution >= 4 is 5.78 Å². The first kappa shape index (κ1) is 66.8. The minimum absolute atomic E-state index is 0.0624. The fourth-order valence-electron chi connectivity index (χ4n) is 16.8. The van der Waals surface area contributed by atoms with Gasteiger partial charge in [-0.05, 0) is 112 Å². The zero-order valence-electron chi connectivity index (χ0n) is 49.3. The zero-order valence-corrected chi connectivity index (χ0v) is 49.3. The highest BCUT2D eigenvalue weighted by molar-refractivity contribution is 5.84. The summed E-state index contributed by atoms with van der Waals surface area (Å²) in [6.07, 6.45) is -30.4. The van der Waals surface area contributed by atoms with Gasteiger partial charge in [0.05, 0.1) is 44.7 Å². The molecular formula is C58H96O26. The van der Waals surface area contributed by atoms with Crippen LogP contribution in [0.4, 0.5) is 0 Å². The minimum atomic E-state index is -1.89. The second-order valence-electron chi connectivity index (χ2n) is 27.5. The van der Waals surface area contributed by atoms with Crippen LogP contribution in [0, 0.1) is 45.3 Å². The summed E-state index contributed by atoms with van der Waals surface area (Å²) in [7, 11) is 0. The maximum Gasteiger partial charge on any atom is 0.187 e. The molecule has 0 spiro atoms. The Morgan fingerprint density at radius 3 is 1.65 bits per heavy atom. The van der Waals surface area contributed by atoms with Crippen molar-refractivity contribution in [2.75, 3.05) is 33.0 Å². The number of ketones is 1. The molecule has 32 atom stereocenters. The van der Waals surface area contributed by atoms with Gasteiger partial charge in [0, 0.05) is 12.3 Å². The molecule has 5 saturated heterocycles. The Kier molecular flexibility index (Phi) is 20.4. The first-order chi connectivity index (χ1) is 39.3. The summed E-state index contributed by atoms with van der Waals surface area (Å²) < 4.78 is 60.5. The maximum atomic E-state index is 15.5. The smallest absolute Gasteiger partial charge is 0.187 e. The van der Waals surface area contributed by atoms with Gasteiger partial charge in [-0.3, -0.25) is 4.79 Å². The lowest BCUT2D eigenvalue weighted by Crippen LogP contribution is -2.67. The van der Waals surface area contributed by atoms with E-state index in [1.54, 1.807) is 0 Å². The van der Waals surface area contributed by atoms with Crippen LogP contribution in [0.15, 0.2) is 11.6 Å². The molecule has 0 aromatic heterocycles. The van der Waals surface area contributed by atoms with Crippen molar-refractivity contribution in [2.24, 2.45) is 45.3 Å². The Morgan fingerprint density at radius 2 is 1.08 bits per heavy atom. The van der Waals surface area contributed by atoms with Gasteiger partial charge < -0.3 is 124 Å². The standard InChI is InChI=1S/C58H96O26/c1-24(2)10-9-14-58(8,84-52-47(74)42(69)39(66)30(80-52)22-77-49-44(71)36(63)27(61)20-75-49)25-11-16-57(7)35(25)26(60)18-33-55(5)15-13-34(54(3,4)32(55)12-17-56(33,57)6)82-53-48(83-51-46(73)41(68)38(65)29(19-59)79-51)43(70)40(67)31(81-53)23-78-50-45(72)37(64)28(62)21-76-50/h10,25,27-53,59,61-74H,9,11-23H2,1-8H3/t25-,27+,28+,29+,30+,31+,32-,33+,34-,35-,36+,37-,38+,39+,40+,41-,42-,43-,44-,45+,46+,47+,48+,49+,50-,51-,52-,53-,55-,56+,57+,58-/m0/s1. The molecule has 9 rings (SSSR count). The van der Waals surface area contributed by atoms with Gasteiger partial charge in [-0.25, -0.2) is 0 Å². The Bertz CT molecular complexity index is 2260. The molecule has 0 amide bonds. The van der Waals surface area contributed by atoms with Crippen molar-refractivity contribution in [2.45, 2.75) is 266 Å². The second kappa shape index (κ2) is 25.6. The molecule has 4 aliphatic carbocycles. The number of Topliss-reactive ketones (excluding diaryl/α,β-unsaturated/α-hetero) is 1. The number of fused-ring (bicyclic) bond motifs is 5. The molecule has 4 saturated carbocycles. The van der Waals surface area contributed by atoms with Crippen molar-refractivity contribution in [1.29, 1.82) is 0 Å². The number of carbonyl (C=O) groups is 1. The monoisotopic (exact) mass is 1210 g/mol. The number of hydrogen-bond acceptors (Lipinski definition) is 26. The van der Waals surface area contributed by atoms with Crippen LogP contribution in [0.5, 0.6) is 0 Å². The Balaban J connectivity index is 0.940. The number of carbonyl (C=O) groups excluding carboxylic acids is 1. The largest absolute Gasteiger partial charge is 0.394 e. The average Bonchev–Trinajstić information content (AvgIpc) is 1.23. The van der Waals surface area contributed by atoms with E-state index in [9.17, 15) is 76.6 Å². The minimum Gasteiger partial charge on any atom is -0.394 e. The fraction of sp³-hybridized carbons (Fsp3) is 0.948. The summed E-state index contributed by atoms with van der Waals surface area (Å²) in [4.78, 5) is 15.5. The third-order valence-electron chi connectivity index (χ3n) is 22.0. The van der Waals surface area contributed by atoms with Crippen molar-refractivity contribution < 1.29 is 129 Å². The number of allylic oxidation sites excluding steroid dienone is 2. The van der Waals surface area contributed by atoms with Crippen molar-refractivity contribution in [3.8, 4) is 0 Å². The van der Waals surface area contributed by atoms with Crippen LogP contribution in [-0.4, -0.2) is 268 Å². The molecule has 9 aliphatic rings. The quantitative estimate of drug-likeness (QED) is 0.0513. The number of ether oxygens (including phenoxy) is 10. The summed E-state index contributed by atoms with van der Waals surface area (Å²) in [5.41, 5.74) is -2.11. The molecule has 0 unspecified atom stereocenters. The van der Waals surface area contributed by atoms with E-state index in [1.165, 1.54) is 0 Å². The molecule has 26 heteroatoms.